The number of amides is 1. The molecule has 176 valence electrons. The Kier molecular flexibility index (Phi) is 7.01. The molecule has 2 aromatic heterocycles. The van der Waals surface area contributed by atoms with Gasteiger partial charge in [-0.3, -0.25) is 9.59 Å². The van der Waals surface area contributed by atoms with Crippen molar-refractivity contribution in [2.45, 2.75) is 52.5 Å². The van der Waals surface area contributed by atoms with Crippen molar-refractivity contribution in [3.8, 4) is 0 Å². The van der Waals surface area contributed by atoms with Crippen LogP contribution in [-0.2, 0) is 21.5 Å². The number of rotatable bonds is 5. The van der Waals surface area contributed by atoms with E-state index in [1.807, 2.05) is 17.9 Å². The SMILES string of the molecule is CCOC(=O)C1CCCN(C(=O)c2cc3sc(Br)cc3n2Cc2ccc(C(C)(C)C)cc2)C1. The number of carbonyl (C=O) groups is 2. The van der Waals surface area contributed by atoms with Crippen molar-refractivity contribution in [1.29, 1.82) is 0 Å². The number of hydrogen-bond donors (Lipinski definition) is 0. The molecule has 7 heteroatoms. The average Bonchev–Trinajstić information content (AvgIpc) is 3.30. The van der Waals surface area contributed by atoms with Gasteiger partial charge in [-0.25, -0.2) is 0 Å². The molecule has 0 aliphatic carbocycles. The summed E-state index contributed by atoms with van der Waals surface area (Å²) in [4.78, 5) is 27.7. The summed E-state index contributed by atoms with van der Waals surface area (Å²) in [5, 5.41) is 0. The smallest absolute Gasteiger partial charge is 0.310 e. The number of esters is 1. The molecule has 1 fully saturated rings. The molecule has 1 saturated heterocycles. The Morgan fingerprint density at radius 2 is 1.91 bits per heavy atom. The Bertz CT molecular complexity index is 1160. The molecule has 3 heterocycles. The Morgan fingerprint density at radius 1 is 1.18 bits per heavy atom. The molecule has 0 radical (unpaired) electrons. The van der Waals surface area contributed by atoms with Crippen molar-refractivity contribution in [1.82, 2.24) is 9.47 Å². The highest BCUT2D eigenvalue weighted by molar-refractivity contribution is 9.11. The highest BCUT2D eigenvalue weighted by atomic mass is 79.9. The molecule has 1 aliphatic heterocycles. The van der Waals surface area contributed by atoms with Gasteiger partial charge >= 0.3 is 5.97 Å². The van der Waals surface area contributed by atoms with Crippen LogP contribution in [-0.4, -0.2) is 41.0 Å². The minimum Gasteiger partial charge on any atom is -0.466 e. The van der Waals surface area contributed by atoms with Crippen molar-refractivity contribution in [3.05, 3.63) is 57.0 Å². The second-order valence-electron chi connectivity index (χ2n) is 9.71. The van der Waals surface area contributed by atoms with E-state index in [0.29, 0.717) is 31.9 Å². The first-order chi connectivity index (χ1) is 15.7. The second-order valence-corrected chi connectivity index (χ2v) is 12.2. The zero-order valence-electron chi connectivity index (χ0n) is 19.7. The topological polar surface area (TPSA) is 51.5 Å². The van der Waals surface area contributed by atoms with E-state index in [4.69, 9.17) is 4.74 Å². The van der Waals surface area contributed by atoms with Crippen molar-refractivity contribution in [3.63, 3.8) is 0 Å². The number of halogens is 1. The zero-order chi connectivity index (χ0) is 23.8. The van der Waals surface area contributed by atoms with E-state index < -0.39 is 0 Å². The van der Waals surface area contributed by atoms with Crippen LogP contribution in [0.2, 0.25) is 0 Å². The first-order valence-electron chi connectivity index (χ1n) is 11.5. The van der Waals surface area contributed by atoms with E-state index in [-0.39, 0.29) is 23.2 Å². The minimum atomic E-state index is -0.244. The number of benzene rings is 1. The van der Waals surface area contributed by atoms with Crippen LogP contribution >= 0.6 is 27.3 Å². The van der Waals surface area contributed by atoms with Gasteiger partial charge in [0.15, 0.2) is 0 Å². The summed E-state index contributed by atoms with van der Waals surface area (Å²) in [6.45, 7) is 10.5. The monoisotopic (exact) mass is 530 g/mol. The van der Waals surface area contributed by atoms with E-state index in [0.717, 1.165) is 32.4 Å². The molecular weight excluding hydrogens is 500 g/mol. The summed E-state index contributed by atoms with van der Waals surface area (Å²) in [6.07, 6.45) is 1.58. The average molecular weight is 532 g/mol. The third-order valence-electron chi connectivity index (χ3n) is 6.27. The van der Waals surface area contributed by atoms with Gasteiger partial charge in [0.2, 0.25) is 0 Å². The van der Waals surface area contributed by atoms with Gasteiger partial charge in [-0.15, -0.1) is 11.3 Å². The third-order valence-corrected chi connectivity index (χ3v) is 7.84. The van der Waals surface area contributed by atoms with Gasteiger partial charge < -0.3 is 14.2 Å². The number of piperidine rings is 1. The fraction of sp³-hybridized carbons (Fsp3) is 0.462. The summed E-state index contributed by atoms with van der Waals surface area (Å²) in [5.74, 6) is -0.463. The summed E-state index contributed by atoms with van der Waals surface area (Å²) in [5.41, 5.74) is 4.27. The first-order valence-corrected chi connectivity index (χ1v) is 13.1. The van der Waals surface area contributed by atoms with Crippen LogP contribution in [0.3, 0.4) is 0 Å². The number of carbonyl (C=O) groups excluding carboxylic acids is 2. The fourth-order valence-corrected chi connectivity index (χ4v) is 5.99. The third kappa shape index (κ3) is 5.19. The molecule has 0 spiro atoms. The minimum absolute atomic E-state index is 0.0187. The maximum Gasteiger partial charge on any atom is 0.310 e. The van der Waals surface area contributed by atoms with Crippen LogP contribution in [0.5, 0.6) is 0 Å². The quantitative estimate of drug-likeness (QED) is 0.367. The second kappa shape index (κ2) is 9.63. The molecule has 0 saturated carbocycles. The van der Waals surface area contributed by atoms with Gasteiger partial charge in [0, 0.05) is 19.6 Å². The predicted octanol–water partition coefficient (Wildman–Crippen LogP) is 6.23. The van der Waals surface area contributed by atoms with Crippen LogP contribution in [0, 0.1) is 5.92 Å². The molecule has 3 aromatic rings. The van der Waals surface area contributed by atoms with Gasteiger partial charge in [0.25, 0.3) is 5.91 Å². The number of thiophene rings is 1. The number of fused-ring (bicyclic) bond motifs is 1. The molecule has 0 N–H and O–H groups in total. The maximum absolute atomic E-state index is 13.6. The van der Waals surface area contributed by atoms with Crippen LogP contribution in [0.25, 0.3) is 10.2 Å². The highest BCUT2D eigenvalue weighted by Gasteiger charge is 2.31. The Hall–Kier alpha value is -2.12. The van der Waals surface area contributed by atoms with E-state index in [2.05, 4.69) is 71.6 Å². The molecule has 1 aliphatic rings. The number of likely N-dealkylation sites (tertiary alicyclic amines) is 1. The molecule has 4 rings (SSSR count). The van der Waals surface area contributed by atoms with Gasteiger partial charge in [0.1, 0.15) is 5.69 Å². The van der Waals surface area contributed by atoms with Crippen molar-refractivity contribution in [2.24, 2.45) is 5.92 Å². The lowest BCUT2D eigenvalue weighted by Gasteiger charge is -2.31. The molecule has 0 bridgehead atoms. The highest BCUT2D eigenvalue weighted by Crippen LogP contribution is 2.34. The van der Waals surface area contributed by atoms with Crippen LogP contribution in [0.15, 0.2) is 40.2 Å². The Balaban J connectivity index is 1.63. The van der Waals surface area contributed by atoms with Gasteiger partial charge in [-0.1, -0.05) is 45.0 Å². The lowest BCUT2D eigenvalue weighted by Crippen LogP contribution is -2.43. The van der Waals surface area contributed by atoms with Gasteiger partial charge in [0.05, 0.1) is 26.5 Å². The Labute approximate surface area is 207 Å². The number of ether oxygens (including phenoxy) is 1. The maximum atomic E-state index is 13.6. The van der Waals surface area contributed by atoms with Gasteiger partial charge in [-0.05, 0) is 64.4 Å². The summed E-state index contributed by atoms with van der Waals surface area (Å²) in [6, 6.07) is 12.7. The molecular formula is C26H31BrN2O3S. The standard InChI is InChI=1S/C26H31BrN2O3S/c1-5-32-25(31)18-7-6-12-28(16-18)24(30)21-13-22-20(14-23(27)33-22)29(21)15-17-8-10-19(11-9-17)26(2,3)4/h8-11,13-14,18H,5-7,12,15-16H2,1-4H3. The van der Waals surface area contributed by atoms with E-state index in [1.54, 1.807) is 11.3 Å². The predicted molar refractivity (Wildman–Crippen MR) is 137 cm³/mol. The summed E-state index contributed by atoms with van der Waals surface area (Å²) < 4.78 is 9.45. The van der Waals surface area contributed by atoms with Crippen LogP contribution in [0.4, 0.5) is 0 Å². The molecule has 1 amide bonds. The van der Waals surface area contributed by atoms with E-state index >= 15 is 0 Å². The number of nitrogens with zero attached hydrogens (tertiary/aromatic N) is 2. The van der Waals surface area contributed by atoms with Crippen molar-refractivity contribution in [2.75, 3.05) is 19.7 Å². The molecule has 1 aromatic carbocycles. The lowest BCUT2D eigenvalue weighted by atomic mass is 9.87. The zero-order valence-corrected chi connectivity index (χ0v) is 22.1. The Morgan fingerprint density at radius 3 is 2.58 bits per heavy atom. The number of aromatic nitrogens is 1. The first kappa shape index (κ1) is 24.0. The normalized spacial score (nSPS) is 16.9. The van der Waals surface area contributed by atoms with E-state index in [1.165, 1.54) is 5.56 Å². The van der Waals surface area contributed by atoms with Gasteiger partial charge in [-0.2, -0.15) is 0 Å². The largest absolute Gasteiger partial charge is 0.466 e. The van der Waals surface area contributed by atoms with Crippen molar-refractivity contribution >= 4 is 49.4 Å². The molecule has 33 heavy (non-hydrogen) atoms. The fourth-order valence-electron chi connectivity index (χ4n) is 4.43. The van der Waals surface area contributed by atoms with Crippen molar-refractivity contribution < 1.29 is 14.3 Å². The lowest BCUT2D eigenvalue weighted by molar-refractivity contribution is -0.149. The molecule has 1 unspecified atom stereocenters. The van der Waals surface area contributed by atoms with E-state index in [9.17, 15) is 9.59 Å². The molecule has 5 nitrogen and oxygen atoms in total. The number of hydrogen-bond acceptors (Lipinski definition) is 4. The molecule has 1 atom stereocenters. The summed E-state index contributed by atoms with van der Waals surface area (Å²) >= 11 is 5.22. The van der Waals surface area contributed by atoms with Crippen LogP contribution < -0.4 is 0 Å². The van der Waals surface area contributed by atoms with Crippen LogP contribution in [0.1, 0.15) is 62.2 Å². The summed E-state index contributed by atoms with van der Waals surface area (Å²) in [7, 11) is 0.